The van der Waals surface area contributed by atoms with Gasteiger partial charge >= 0.3 is 0 Å². The topological polar surface area (TPSA) is 6.48 Å². The minimum Gasteiger partial charge on any atom is -0.311 e. The van der Waals surface area contributed by atoms with Crippen LogP contribution in [0.3, 0.4) is 0 Å². The Morgan fingerprint density at radius 1 is 0.482 bits per heavy atom. The molecule has 0 radical (unpaired) electrons. The molecule has 0 saturated heterocycles. The molecule has 0 amide bonds. The Morgan fingerprint density at radius 3 is 1.89 bits per heavy atom. The van der Waals surface area contributed by atoms with Gasteiger partial charge in [0.2, 0.25) is 0 Å². The molecule has 0 spiro atoms. The van der Waals surface area contributed by atoms with Crippen molar-refractivity contribution < 1.29 is 0 Å². The van der Waals surface area contributed by atoms with Crippen LogP contribution in [-0.4, -0.2) is 6.71 Å². The number of hydrogen-bond acceptors (Lipinski definition) is 2. The molecule has 0 unspecified atom stereocenters. The highest BCUT2D eigenvalue weighted by Gasteiger charge is 2.44. The zero-order valence-corrected chi connectivity index (χ0v) is 31.7. The lowest BCUT2D eigenvalue weighted by molar-refractivity contribution is 0.444. The van der Waals surface area contributed by atoms with E-state index in [0.29, 0.717) is 5.92 Å². The summed E-state index contributed by atoms with van der Waals surface area (Å²) >= 11 is 0. The normalized spacial score (nSPS) is 15.1. The first kappa shape index (κ1) is 32.0. The van der Waals surface area contributed by atoms with Gasteiger partial charge in [-0.3, -0.25) is 0 Å². The van der Waals surface area contributed by atoms with Crippen LogP contribution in [0.15, 0.2) is 164 Å². The molecular formula is C53H41BN2. The maximum atomic E-state index is 2.58. The van der Waals surface area contributed by atoms with E-state index in [0.717, 1.165) is 0 Å². The SMILES string of the molecule is Cc1ccc(N2c3ccc(-c4ccc5ccc6cccc7ccc4c5c67)cc3B3c4ccccc4N(c4ccccc4)c4cc(C5CCCCC5)cc2c43)cc1. The third-order valence-corrected chi connectivity index (χ3v) is 13.2. The number of benzene rings is 9. The Morgan fingerprint density at radius 2 is 1.12 bits per heavy atom. The fourth-order valence-corrected chi connectivity index (χ4v) is 10.6. The Labute approximate surface area is 329 Å². The summed E-state index contributed by atoms with van der Waals surface area (Å²) in [7, 11) is 0. The quantitative estimate of drug-likeness (QED) is 0.132. The average Bonchev–Trinajstić information content (AvgIpc) is 3.26. The molecule has 1 saturated carbocycles. The Bertz CT molecular complexity index is 2960. The molecule has 0 N–H and O–H groups in total. The van der Waals surface area contributed by atoms with Gasteiger partial charge < -0.3 is 9.80 Å². The van der Waals surface area contributed by atoms with E-state index in [-0.39, 0.29) is 6.71 Å². The molecule has 3 heteroatoms. The molecule has 266 valence electrons. The van der Waals surface area contributed by atoms with E-state index in [1.54, 1.807) is 0 Å². The fraction of sp³-hybridized carbons (Fsp3) is 0.132. The monoisotopic (exact) mass is 716 g/mol. The van der Waals surface area contributed by atoms with Gasteiger partial charge in [0.25, 0.3) is 6.71 Å². The van der Waals surface area contributed by atoms with Crippen LogP contribution in [-0.2, 0) is 0 Å². The Hall–Kier alpha value is -6.32. The van der Waals surface area contributed by atoms with Crippen molar-refractivity contribution in [3.05, 3.63) is 175 Å². The average molecular weight is 717 g/mol. The van der Waals surface area contributed by atoms with Crippen molar-refractivity contribution in [2.24, 2.45) is 0 Å². The van der Waals surface area contributed by atoms with Gasteiger partial charge in [-0.1, -0.05) is 140 Å². The predicted octanol–water partition coefficient (Wildman–Crippen LogP) is 12.7. The van der Waals surface area contributed by atoms with Gasteiger partial charge in [0.1, 0.15) is 0 Å². The van der Waals surface area contributed by atoms with Crippen molar-refractivity contribution in [3.63, 3.8) is 0 Å². The van der Waals surface area contributed by atoms with E-state index >= 15 is 0 Å². The fourth-order valence-electron chi connectivity index (χ4n) is 10.6. The second-order valence-electron chi connectivity index (χ2n) is 16.4. The maximum Gasteiger partial charge on any atom is 0.252 e. The summed E-state index contributed by atoms with van der Waals surface area (Å²) in [4.78, 5) is 5.14. The van der Waals surface area contributed by atoms with Gasteiger partial charge in [-0.05, 0) is 140 Å². The molecule has 9 aromatic rings. The van der Waals surface area contributed by atoms with Crippen molar-refractivity contribution in [3.8, 4) is 11.1 Å². The zero-order chi connectivity index (χ0) is 36.9. The van der Waals surface area contributed by atoms with E-state index in [1.165, 1.54) is 137 Å². The minimum atomic E-state index is 0.0769. The highest BCUT2D eigenvalue weighted by molar-refractivity contribution is 7.00. The lowest BCUT2D eigenvalue weighted by Gasteiger charge is -2.45. The maximum absolute atomic E-state index is 2.58. The smallest absolute Gasteiger partial charge is 0.252 e. The van der Waals surface area contributed by atoms with Gasteiger partial charge in [-0.25, -0.2) is 0 Å². The first-order valence-corrected chi connectivity index (χ1v) is 20.5. The number of nitrogens with zero attached hydrogens (tertiary/aromatic N) is 2. The summed E-state index contributed by atoms with van der Waals surface area (Å²) in [6, 6.07) is 62.5. The number of aryl methyl sites for hydroxylation is 1. The van der Waals surface area contributed by atoms with Crippen LogP contribution in [0.1, 0.15) is 49.1 Å². The van der Waals surface area contributed by atoms with E-state index < -0.39 is 0 Å². The van der Waals surface area contributed by atoms with Gasteiger partial charge in [0, 0.05) is 34.1 Å². The van der Waals surface area contributed by atoms with Crippen molar-refractivity contribution >= 4 is 89.5 Å². The van der Waals surface area contributed by atoms with Gasteiger partial charge in [-0.2, -0.15) is 0 Å². The van der Waals surface area contributed by atoms with Crippen LogP contribution >= 0.6 is 0 Å². The summed E-state index contributed by atoms with van der Waals surface area (Å²) in [5.74, 6) is 0.566. The molecular weight excluding hydrogens is 675 g/mol. The lowest BCUT2D eigenvalue weighted by Crippen LogP contribution is -2.61. The van der Waals surface area contributed by atoms with Gasteiger partial charge in [-0.15, -0.1) is 0 Å². The predicted molar refractivity (Wildman–Crippen MR) is 240 cm³/mol. The molecule has 56 heavy (non-hydrogen) atoms. The number of rotatable bonds is 4. The molecule has 2 aliphatic heterocycles. The summed E-state index contributed by atoms with van der Waals surface area (Å²) in [5.41, 5.74) is 17.0. The van der Waals surface area contributed by atoms with Crippen LogP contribution in [0.4, 0.5) is 34.1 Å². The summed E-state index contributed by atoms with van der Waals surface area (Å²) < 4.78 is 0. The largest absolute Gasteiger partial charge is 0.311 e. The number of anilines is 6. The van der Waals surface area contributed by atoms with Crippen molar-refractivity contribution in [2.45, 2.75) is 44.9 Å². The van der Waals surface area contributed by atoms with Crippen LogP contribution in [0, 0.1) is 6.92 Å². The number of para-hydroxylation sites is 2. The molecule has 12 rings (SSSR count). The van der Waals surface area contributed by atoms with E-state index in [2.05, 4.69) is 181 Å². The molecule has 0 bridgehead atoms. The van der Waals surface area contributed by atoms with E-state index in [9.17, 15) is 0 Å². The lowest BCUT2D eigenvalue weighted by atomic mass is 9.33. The minimum absolute atomic E-state index is 0.0769. The standard InChI is InChI=1S/C53H41BN2/c1-34-19-26-42(27-20-34)56-48-30-25-39(43-28-23-38-22-21-36-13-10-14-37-24-29-44(43)52(38)51(36)37)31-46(48)54-45-17-8-9-18-47(45)55(41-15-6-3-7-16-41)49-32-40(33-50(56)53(49)54)35-11-4-2-5-12-35/h3,6-10,13-33,35H,2,4-5,11-12H2,1H3. The van der Waals surface area contributed by atoms with Crippen molar-refractivity contribution in [1.82, 2.24) is 0 Å². The third-order valence-electron chi connectivity index (χ3n) is 13.2. The molecule has 0 atom stereocenters. The number of hydrogen-bond donors (Lipinski definition) is 0. The first-order valence-electron chi connectivity index (χ1n) is 20.5. The van der Waals surface area contributed by atoms with Gasteiger partial charge in [0.15, 0.2) is 0 Å². The molecule has 3 aliphatic rings. The van der Waals surface area contributed by atoms with E-state index in [4.69, 9.17) is 0 Å². The van der Waals surface area contributed by atoms with Crippen LogP contribution in [0.5, 0.6) is 0 Å². The highest BCUT2D eigenvalue weighted by Crippen LogP contribution is 2.48. The summed E-state index contributed by atoms with van der Waals surface area (Å²) in [6.07, 6.45) is 6.47. The zero-order valence-electron chi connectivity index (χ0n) is 31.7. The molecule has 9 aromatic carbocycles. The highest BCUT2D eigenvalue weighted by atomic mass is 15.2. The molecule has 2 nitrogen and oxygen atoms in total. The Kier molecular flexibility index (Phi) is 7.05. The molecule has 2 heterocycles. The van der Waals surface area contributed by atoms with Crippen molar-refractivity contribution in [2.75, 3.05) is 9.80 Å². The van der Waals surface area contributed by atoms with Crippen LogP contribution in [0.25, 0.3) is 43.4 Å². The molecule has 1 aliphatic carbocycles. The van der Waals surface area contributed by atoms with Gasteiger partial charge in [0.05, 0.1) is 0 Å². The number of fused-ring (bicyclic) bond motifs is 4. The summed E-state index contributed by atoms with van der Waals surface area (Å²) in [5, 5.41) is 7.94. The third kappa shape index (κ3) is 4.70. The summed E-state index contributed by atoms with van der Waals surface area (Å²) in [6.45, 7) is 2.26. The second-order valence-corrected chi connectivity index (χ2v) is 16.4. The molecule has 0 aromatic heterocycles. The Balaban J connectivity index is 1.15. The molecule has 1 fully saturated rings. The van der Waals surface area contributed by atoms with Crippen molar-refractivity contribution in [1.29, 1.82) is 0 Å². The first-order chi connectivity index (χ1) is 27.7. The second kappa shape index (κ2) is 12.3. The van der Waals surface area contributed by atoms with Crippen LogP contribution in [0.2, 0.25) is 0 Å². The van der Waals surface area contributed by atoms with Crippen LogP contribution < -0.4 is 26.2 Å². The van der Waals surface area contributed by atoms with E-state index in [1.807, 2.05) is 0 Å².